The van der Waals surface area contributed by atoms with Crippen molar-refractivity contribution in [3.8, 4) is 0 Å². The molecule has 1 aromatic carbocycles. The van der Waals surface area contributed by atoms with Gasteiger partial charge in [-0.25, -0.2) is 0 Å². The molecule has 0 spiro atoms. The Labute approximate surface area is 130 Å². The van der Waals surface area contributed by atoms with Crippen LogP contribution in [0.3, 0.4) is 0 Å². The van der Waals surface area contributed by atoms with E-state index in [4.69, 9.17) is 4.42 Å². The Hall–Kier alpha value is -1.81. The Morgan fingerprint density at radius 3 is 2.91 bits per heavy atom. The molecule has 0 saturated carbocycles. The second kappa shape index (κ2) is 5.43. The third-order valence-electron chi connectivity index (χ3n) is 5.04. The number of piperidine rings is 1. The van der Waals surface area contributed by atoms with E-state index in [0.717, 1.165) is 41.2 Å². The molecule has 1 aromatic heterocycles. The summed E-state index contributed by atoms with van der Waals surface area (Å²) < 4.78 is 5.57. The van der Waals surface area contributed by atoms with Gasteiger partial charge in [-0.15, -0.1) is 0 Å². The minimum atomic E-state index is 0.0354. The maximum atomic E-state index is 12.5. The van der Waals surface area contributed by atoms with Crippen LogP contribution < -0.4 is 5.32 Å². The Kier molecular flexibility index (Phi) is 3.41. The van der Waals surface area contributed by atoms with Crippen LogP contribution in [0.15, 0.2) is 28.7 Å². The lowest BCUT2D eigenvalue weighted by molar-refractivity contribution is 0.0929. The van der Waals surface area contributed by atoms with Gasteiger partial charge < -0.3 is 14.6 Å². The second-order valence-corrected chi connectivity index (χ2v) is 6.76. The van der Waals surface area contributed by atoms with Crippen molar-refractivity contribution in [3.63, 3.8) is 0 Å². The van der Waals surface area contributed by atoms with Crippen molar-refractivity contribution in [3.05, 3.63) is 35.6 Å². The molecule has 2 aromatic rings. The summed E-state index contributed by atoms with van der Waals surface area (Å²) in [5, 5.41) is 4.23. The van der Waals surface area contributed by atoms with Crippen molar-refractivity contribution in [1.82, 2.24) is 10.2 Å². The van der Waals surface area contributed by atoms with Crippen molar-refractivity contribution in [2.24, 2.45) is 5.92 Å². The summed E-state index contributed by atoms with van der Waals surface area (Å²) in [7, 11) is 0. The van der Waals surface area contributed by atoms with Gasteiger partial charge in [0, 0.05) is 23.5 Å². The molecule has 4 heteroatoms. The fourth-order valence-corrected chi connectivity index (χ4v) is 3.88. The van der Waals surface area contributed by atoms with Crippen LogP contribution in [0.25, 0.3) is 11.0 Å². The summed E-state index contributed by atoms with van der Waals surface area (Å²) in [6.45, 7) is 5.30. The Balaban J connectivity index is 1.50. The first kappa shape index (κ1) is 13.8. The van der Waals surface area contributed by atoms with E-state index in [2.05, 4.69) is 10.2 Å². The molecule has 4 heterocycles. The summed E-state index contributed by atoms with van der Waals surface area (Å²) in [4.78, 5) is 15.0. The molecule has 1 amide bonds. The van der Waals surface area contributed by atoms with Gasteiger partial charge in [-0.2, -0.15) is 0 Å². The van der Waals surface area contributed by atoms with Crippen molar-refractivity contribution >= 4 is 16.9 Å². The predicted octanol–water partition coefficient (Wildman–Crippen LogP) is 2.96. The average molecular weight is 298 g/mol. The third-order valence-corrected chi connectivity index (χ3v) is 5.04. The molecule has 3 fully saturated rings. The highest BCUT2D eigenvalue weighted by atomic mass is 16.3. The number of furan rings is 1. The van der Waals surface area contributed by atoms with Crippen LogP contribution in [0, 0.1) is 12.8 Å². The lowest BCUT2D eigenvalue weighted by atomic mass is 9.94. The average Bonchev–Trinajstić information content (AvgIpc) is 2.66. The monoisotopic (exact) mass is 298 g/mol. The Morgan fingerprint density at radius 1 is 1.27 bits per heavy atom. The number of carbonyl (C=O) groups is 1. The molecule has 5 rings (SSSR count). The molecule has 3 saturated heterocycles. The van der Waals surface area contributed by atoms with Gasteiger partial charge in [-0.05, 0) is 69.5 Å². The molecule has 0 aliphatic carbocycles. The summed E-state index contributed by atoms with van der Waals surface area (Å²) in [5.74, 6) is 1.69. The van der Waals surface area contributed by atoms with E-state index in [1.807, 2.05) is 31.2 Å². The lowest BCUT2D eigenvalue weighted by Crippen LogP contribution is -2.41. The van der Waals surface area contributed by atoms with Gasteiger partial charge in [-0.1, -0.05) is 0 Å². The van der Waals surface area contributed by atoms with Gasteiger partial charge in [0.2, 0.25) is 0 Å². The SMILES string of the molecule is Cc1cc2cc(C(=O)N[C@@H]3CC4CCN(CC4)C3)ccc2o1. The van der Waals surface area contributed by atoms with E-state index in [1.165, 1.54) is 25.9 Å². The maximum absolute atomic E-state index is 12.5. The van der Waals surface area contributed by atoms with Crippen LogP contribution in [-0.2, 0) is 0 Å². The smallest absolute Gasteiger partial charge is 0.251 e. The zero-order valence-corrected chi connectivity index (χ0v) is 13.0. The number of nitrogens with one attached hydrogen (secondary N) is 1. The van der Waals surface area contributed by atoms with E-state index in [1.54, 1.807) is 0 Å². The molecule has 3 aliphatic heterocycles. The third kappa shape index (κ3) is 2.63. The predicted molar refractivity (Wildman–Crippen MR) is 86.0 cm³/mol. The van der Waals surface area contributed by atoms with Gasteiger partial charge in [0.25, 0.3) is 5.91 Å². The van der Waals surface area contributed by atoms with Gasteiger partial charge in [0.05, 0.1) is 0 Å². The second-order valence-electron chi connectivity index (χ2n) is 6.76. The molecule has 2 bridgehead atoms. The van der Waals surface area contributed by atoms with E-state index >= 15 is 0 Å². The zero-order valence-electron chi connectivity index (χ0n) is 13.0. The number of fused-ring (bicyclic) bond motifs is 5. The summed E-state index contributed by atoms with van der Waals surface area (Å²) in [6.07, 6.45) is 3.69. The summed E-state index contributed by atoms with van der Waals surface area (Å²) in [5.41, 5.74) is 1.56. The Bertz CT molecular complexity index is 684. The number of carbonyl (C=O) groups excluding carboxylic acids is 1. The first-order valence-corrected chi connectivity index (χ1v) is 8.21. The van der Waals surface area contributed by atoms with E-state index in [0.29, 0.717) is 0 Å². The highest BCUT2D eigenvalue weighted by Crippen LogP contribution is 2.27. The maximum Gasteiger partial charge on any atom is 0.251 e. The molecular weight excluding hydrogens is 276 g/mol. The molecule has 0 radical (unpaired) electrons. The standard InChI is InChI=1S/C18H22N2O2/c1-12-8-15-10-14(2-3-17(15)22-12)18(21)19-16-9-13-4-6-20(11-16)7-5-13/h2-3,8,10,13,16H,4-7,9,11H2,1H3,(H,19,21)/t16-/m1/s1. The molecule has 1 N–H and O–H groups in total. The fourth-order valence-electron chi connectivity index (χ4n) is 3.88. The van der Waals surface area contributed by atoms with Crippen molar-refractivity contribution in [2.75, 3.05) is 19.6 Å². The summed E-state index contributed by atoms with van der Waals surface area (Å²) >= 11 is 0. The quantitative estimate of drug-likeness (QED) is 0.927. The first-order chi connectivity index (χ1) is 10.7. The molecule has 4 nitrogen and oxygen atoms in total. The van der Waals surface area contributed by atoms with Gasteiger partial charge in [0.1, 0.15) is 11.3 Å². The van der Waals surface area contributed by atoms with Crippen LogP contribution in [0.4, 0.5) is 0 Å². The van der Waals surface area contributed by atoms with Crippen LogP contribution in [-0.4, -0.2) is 36.5 Å². The van der Waals surface area contributed by atoms with Crippen LogP contribution in [0.5, 0.6) is 0 Å². The van der Waals surface area contributed by atoms with Gasteiger partial charge in [0.15, 0.2) is 0 Å². The van der Waals surface area contributed by atoms with Gasteiger partial charge >= 0.3 is 0 Å². The molecule has 3 aliphatic rings. The molecular formula is C18H22N2O2. The van der Waals surface area contributed by atoms with Crippen LogP contribution in [0.1, 0.15) is 35.4 Å². The van der Waals surface area contributed by atoms with Crippen LogP contribution in [0.2, 0.25) is 0 Å². The minimum absolute atomic E-state index is 0.0354. The first-order valence-electron chi connectivity index (χ1n) is 8.21. The number of aryl methyl sites for hydroxylation is 1. The van der Waals surface area contributed by atoms with Crippen molar-refractivity contribution < 1.29 is 9.21 Å². The minimum Gasteiger partial charge on any atom is -0.461 e. The topological polar surface area (TPSA) is 45.5 Å². The normalized spacial score (nSPS) is 27.8. The zero-order chi connectivity index (χ0) is 15.1. The molecule has 0 unspecified atom stereocenters. The number of benzene rings is 1. The molecule has 1 atom stereocenters. The number of rotatable bonds is 2. The highest BCUT2D eigenvalue weighted by molar-refractivity contribution is 5.98. The number of hydrogen-bond donors (Lipinski definition) is 1. The molecule has 116 valence electrons. The largest absolute Gasteiger partial charge is 0.461 e. The van der Waals surface area contributed by atoms with E-state index in [-0.39, 0.29) is 11.9 Å². The number of hydrogen-bond acceptors (Lipinski definition) is 3. The van der Waals surface area contributed by atoms with E-state index < -0.39 is 0 Å². The van der Waals surface area contributed by atoms with Gasteiger partial charge in [-0.3, -0.25) is 4.79 Å². The van der Waals surface area contributed by atoms with Crippen molar-refractivity contribution in [2.45, 2.75) is 32.2 Å². The van der Waals surface area contributed by atoms with Crippen LogP contribution >= 0.6 is 0 Å². The van der Waals surface area contributed by atoms with E-state index in [9.17, 15) is 4.79 Å². The number of nitrogens with zero attached hydrogens (tertiary/aromatic N) is 1. The highest BCUT2D eigenvalue weighted by Gasteiger charge is 2.29. The van der Waals surface area contributed by atoms with Crippen molar-refractivity contribution in [1.29, 1.82) is 0 Å². The molecule has 22 heavy (non-hydrogen) atoms. The Morgan fingerprint density at radius 2 is 2.09 bits per heavy atom. The summed E-state index contributed by atoms with van der Waals surface area (Å²) in [6, 6.07) is 7.92. The number of amides is 1. The fraction of sp³-hybridized carbons (Fsp3) is 0.500. The lowest BCUT2D eigenvalue weighted by Gasteiger charge is -2.26.